The van der Waals surface area contributed by atoms with Crippen LogP contribution in [-0.2, 0) is 11.3 Å². The molecule has 36 heavy (non-hydrogen) atoms. The van der Waals surface area contributed by atoms with Gasteiger partial charge in [0, 0.05) is 24.8 Å². The standard InChI is InChI=1S/C30H29BN2O3/c1-3-32(4-2)26-19-20-27-29(21-26)35-31(24-14-7-5-8-15-24,25-16-9-6-10-17-25)36-33-22-23-13-11-12-18-28(23)34-30(27)33/h5-21H,3-4,22H2,1-2H3. The quantitative estimate of drug-likeness (QED) is 0.315. The molecular formula is C30H29BN2O3. The highest BCUT2D eigenvalue weighted by atomic mass is 16.7. The summed E-state index contributed by atoms with van der Waals surface area (Å²) in [4.78, 5) is 2.31. The highest BCUT2D eigenvalue weighted by Gasteiger charge is 2.46. The number of rotatable bonds is 5. The molecule has 0 aliphatic carbocycles. The summed E-state index contributed by atoms with van der Waals surface area (Å²) in [5, 5.41) is 0. The summed E-state index contributed by atoms with van der Waals surface area (Å²) in [5.74, 6) is 2.22. The van der Waals surface area contributed by atoms with Gasteiger partial charge in [-0.05, 0) is 42.9 Å². The molecule has 0 spiro atoms. The Labute approximate surface area is 212 Å². The molecule has 180 valence electrons. The second-order valence-corrected chi connectivity index (χ2v) is 9.16. The van der Waals surface area contributed by atoms with E-state index in [-0.39, 0.29) is 0 Å². The van der Waals surface area contributed by atoms with Crippen molar-refractivity contribution in [1.29, 1.82) is 0 Å². The maximum atomic E-state index is 7.06. The number of para-hydroxylation sites is 1. The Bertz CT molecular complexity index is 1380. The first-order chi connectivity index (χ1) is 17.7. The molecule has 0 radical (unpaired) electrons. The molecule has 6 rings (SSSR count). The van der Waals surface area contributed by atoms with E-state index in [9.17, 15) is 0 Å². The number of hydrogen-bond acceptors (Lipinski definition) is 4. The summed E-state index contributed by atoms with van der Waals surface area (Å²) >= 11 is 0. The Balaban J connectivity index is 1.61. The van der Waals surface area contributed by atoms with Crippen LogP contribution >= 0.6 is 0 Å². The van der Waals surface area contributed by atoms with Crippen molar-refractivity contribution in [3.8, 4) is 11.5 Å². The molecule has 2 aliphatic heterocycles. The van der Waals surface area contributed by atoms with Crippen molar-refractivity contribution < 1.29 is 18.9 Å². The van der Waals surface area contributed by atoms with Crippen LogP contribution in [0, 0.1) is 0 Å². The van der Waals surface area contributed by atoms with Crippen molar-refractivity contribution in [2.75, 3.05) is 18.0 Å². The highest BCUT2D eigenvalue weighted by Crippen LogP contribution is 2.35. The molecule has 0 fully saturated rings. The molecule has 0 atom stereocenters. The van der Waals surface area contributed by atoms with Crippen molar-refractivity contribution in [2.24, 2.45) is 0 Å². The van der Waals surface area contributed by atoms with E-state index in [1.165, 1.54) is 0 Å². The molecule has 2 heterocycles. The molecule has 0 saturated carbocycles. The van der Waals surface area contributed by atoms with Crippen LogP contribution in [0.3, 0.4) is 0 Å². The third kappa shape index (κ3) is 3.70. The number of ether oxygens (including phenoxy) is 1. The molecule has 0 aromatic heterocycles. The Morgan fingerprint density at radius 1 is 0.750 bits per heavy atom. The molecule has 0 unspecified atom stereocenters. The van der Waals surface area contributed by atoms with Crippen LogP contribution in [0.25, 0.3) is 0 Å². The summed E-state index contributed by atoms with van der Waals surface area (Å²) in [5.41, 5.74) is 4.96. The van der Waals surface area contributed by atoms with Crippen molar-refractivity contribution in [1.82, 2.24) is 0 Å². The molecule has 6 heteroatoms. The Morgan fingerprint density at radius 2 is 1.39 bits per heavy atom. The Kier molecular flexibility index (Phi) is 5.64. The first-order valence-electron chi connectivity index (χ1n) is 12.6. The van der Waals surface area contributed by atoms with Gasteiger partial charge in [-0.3, -0.25) is 0 Å². The third-order valence-corrected chi connectivity index (χ3v) is 7.09. The zero-order valence-corrected chi connectivity index (χ0v) is 20.6. The SMILES string of the molecule is CCN(CC)c1ccc2c(c1)O[B-](c1ccccc1)(c1ccccc1)O[N+]1=C2Oc2ccccc2C1. The second kappa shape index (κ2) is 9.12. The minimum absolute atomic E-state index is 0.551. The molecule has 4 aromatic rings. The van der Waals surface area contributed by atoms with Gasteiger partial charge in [0.25, 0.3) is 0 Å². The van der Waals surface area contributed by atoms with Gasteiger partial charge in [-0.2, -0.15) is 0 Å². The van der Waals surface area contributed by atoms with Crippen molar-refractivity contribution in [2.45, 2.75) is 20.4 Å². The number of hydrogen-bond donors (Lipinski definition) is 0. The third-order valence-electron chi connectivity index (χ3n) is 7.09. The first-order valence-corrected chi connectivity index (χ1v) is 12.6. The van der Waals surface area contributed by atoms with E-state index in [1.54, 1.807) is 0 Å². The highest BCUT2D eigenvalue weighted by molar-refractivity contribution is 6.93. The van der Waals surface area contributed by atoms with Crippen LogP contribution in [0.4, 0.5) is 5.69 Å². The second-order valence-electron chi connectivity index (χ2n) is 9.16. The lowest BCUT2D eigenvalue weighted by Crippen LogP contribution is -2.67. The maximum Gasteiger partial charge on any atom is 0.468 e. The lowest BCUT2D eigenvalue weighted by atomic mass is 9.46. The predicted octanol–water partition coefficient (Wildman–Crippen LogP) is 4.47. The van der Waals surface area contributed by atoms with Crippen LogP contribution < -0.4 is 25.2 Å². The van der Waals surface area contributed by atoms with Crippen molar-refractivity contribution in [3.63, 3.8) is 0 Å². The minimum atomic E-state index is -2.12. The van der Waals surface area contributed by atoms with Crippen LogP contribution in [0.2, 0.25) is 0 Å². The fourth-order valence-electron chi connectivity index (χ4n) is 5.20. The van der Waals surface area contributed by atoms with E-state index in [2.05, 4.69) is 67.3 Å². The molecule has 0 saturated heterocycles. The van der Waals surface area contributed by atoms with E-state index in [1.807, 2.05) is 59.3 Å². The number of benzene rings is 4. The van der Waals surface area contributed by atoms with Gasteiger partial charge < -0.3 is 19.0 Å². The first kappa shape index (κ1) is 22.3. The maximum absolute atomic E-state index is 7.06. The zero-order valence-electron chi connectivity index (χ0n) is 20.6. The van der Waals surface area contributed by atoms with Crippen LogP contribution in [0.1, 0.15) is 25.0 Å². The Hall–Kier alpha value is -4.19. The molecular weight excluding hydrogens is 447 g/mol. The predicted molar refractivity (Wildman–Crippen MR) is 145 cm³/mol. The van der Waals surface area contributed by atoms with Crippen LogP contribution in [0.5, 0.6) is 11.5 Å². The van der Waals surface area contributed by atoms with Crippen LogP contribution in [0.15, 0.2) is 103 Å². The lowest BCUT2D eigenvalue weighted by Gasteiger charge is -2.39. The van der Waals surface area contributed by atoms with E-state index < -0.39 is 6.55 Å². The number of fused-ring (bicyclic) bond motifs is 3. The van der Waals surface area contributed by atoms with E-state index in [4.69, 9.17) is 14.1 Å². The Morgan fingerprint density at radius 3 is 2.06 bits per heavy atom. The average Bonchev–Trinajstić information content (AvgIpc) is 3.08. The molecule has 0 N–H and O–H groups in total. The topological polar surface area (TPSA) is 33.9 Å². The summed E-state index contributed by atoms with van der Waals surface area (Å²) in [6.07, 6.45) is 0. The molecule has 5 nitrogen and oxygen atoms in total. The number of nitrogens with zero attached hydrogens (tertiary/aromatic N) is 2. The van der Waals surface area contributed by atoms with E-state index in [0.717, 1.165) is 52.3 Å². The molecule has 0 bridgehead atoms. The molecule has 4 aromatic carbocycles. The van der Waals surface area contributed by atoms with E-state index in [0.29, 0.717) is 12.4 Å². The van der Waals surface area contributed by atoms with E-state index >= 15 is 0 Å². The average molecular weight is 476 g/mol. The van der Waals surface area contributed by atoms with Gasteiger partial charge in [-0.1, -0.05) is 72.8 Å². The number of hydroxylamine groups is 1. The molecule has 2 aliphatic rings. The van der Waals surface area contributed by atoms with Gasteiger partial charge in [-0.15, -0.1) is 10.9 Å². The van der Waals surface area contributed by atoms with Gasteiger partial charge in [-0.25, -0.2) is 0 Å². The van der Waals surface area contributed by atoms with Crippen molar-refractivity contribution >= 4 is 29.1 Å². The van der Waals surface area contributed by atoms with Gasteiger partial charge in [0.1, 0.15) is 11.3 Å². The fraction of sp³-hybridized carbons (Fsp3) is 0.167. The van der Waals surface area contributed by atoms with Crippen molar-refractivity contribution in [3.05, 3.63) is 114 Å². The largest absolute Gasteiger partial charge is 0.672 e. The van der Waals surface area contributed by atoms with Gasteiger partial charge in [0.2, 0.25) is 6.54 Å². The normalized spacial score (nSPS) is 15.3. The summed E-state index contributed by atoms with van der Waals surface area (Å²) in [6, 6.07) is 34.9. The monoisotopic (exact) mass is 476 g/mol. The van der Waals surface area contributed by atoms with Gasteiger partial charge in [0.05, 0.1) is 11.3 Å². The summed E-state index contributed by atoms with van der Waals surface area (Å²) < 4.78 is 22.4. The number of anilines is 1. The zero-order chi connectivity index (χ0) is 24.5. The summed E-state index contributed by atoms with van der Waals surface area (Å²) in [6.45, 7) is 4.58. The molecule has 0 amide bonds. The van der Waals surface area contributed by atoms with Gasteiger partial charge in [0.15, 0.2) is 0 Å². The lowest BCUT2D eigenvalue weighted by molar-refractivity contribution is -0.771. The van der Waals surface area contributed by atoms with Crippen LogP contribution in [-0.4, -0.2) is 30.3 Å². The minimum Gasteiger partial charge on any atom is -0.672 e. The summed E-state index contributed by atoms with van der Waals surface area (Å²) in [7, 11) is 0. The smallest absolute Gasteiger partial charge is 0.468 e. The fourth-order valence-corrected chi connectivity index (χ4v) is 5.20. The van der Waals surface area contributed by atoms with Gasteiger partial charge >= 0.3 is 12.4 Å².